The Bertz CT molecular complexity index is 170. The number of hydrogen-bond acceptors (Lipinski definition) is 8. The standard InChI is InChI=1S/4CH3NO2.U/c4*2-1(3)4;/h4*2H2,(H,3,4);/q;;;;+4/p-4. The van der Waals surface area contributed by atoms with Crippen molar-refractivity contribution in [1.82, 2.24) is 0 Å². The quantitative estimate of drug-likeness (QED) is 0.259. The number of primary amides is 4. The Morgan fingerprint density at radius 1 is 0.529 bits per heavy atom. The fourth-order valence-electron chi connectivity index (χ4n) is 0. The average Bonchev–Trinajstić information content (AvgIpc) is 1.76. The molecule has 13 heteroatoms. The van der Waals surface area contributed by atoms with Gasteiger partial charge in [-0.05, 0) is 0 Å². The molecular formula is C4H8N4O8U. The maximum atomic E-state index is 8.67. The molecule has 0 fully saturated rings. The van der Waals surface area contributed by atoms with Crippen molar-refractivity contribution in [2.75, 3.05) is 0 Å². The molecular weight excluding hydrogens is 470 g/mol. The smallest absolute Gasteiger partial charge is 0.530 e. The van der Waals surface area contributed by atoms with Crippen LogP contribution in [-0.2, 0) is 0 Å². The molecule has 0 saturated heterocycles. The van der Waals surface area contributed by atoms with E-state index in [9.17, 15) is 0 Å². The molecule has 0 aromatic rings. The van der Waals surface area contributed by atoms with Crippen LogP contribution in [0.3, 0.4) is 0 Å². The number of carbonyl (C=O) groups excluding carboxylic acids is 4. The van der Waals surface area contributed by atoms with Crippen LogP contribution in [0, 0.1) is 31.1 Å². The molecule has 0 radical (unpaired) electrons. The fourth-order valence-corrected chi connectivity index (χ4v) is 0. The van der Waals surface area contributed by atoms with Crippen LogP contribution in [0.1, 0.15) is 0 Å². The van der Waals surface area contributed by atoms with Gasteiger partial charge >= 0.3 is 31.1 Å². The van der Waals surface area contributed by atoms with Gasteiger partial charge in [0.15, 0.2) is 0 Å². The summed E-state index contributed by atoms with van der Waals surface area (Å²) in [7, 11) is 0. The predicted molar refractivity (Wildman–Crippen MR) is 38.3 cm³/mol. The van der Waals surface area contributed by atoms with Gasteiger partial charge in [-0.25, -0.2) is 0 Å². The number of hydrogen-bond donors (Lipinski definition) is 4. The maximum absolute atomic E-state index is 8.67. The van der Waals surface area contributed by atoms with Crippen molar-refractivity contribution in [3.63, 3.8) is 0 Å². The molecule has 0 bridgehead atoms. The van der Waals surface area contributed by atoms with Gasteiger partial charge in [0.25, 0.3) is 0 Å². The van der Waals surface area contributed by atoms with E-state index in [-0.39, 0.29) is 31.1 Å². The first-order valence-electron chi connectivity index (χ1n) is 2.79. The van der Waals surface area contributed by atoms with E-state index >= 15 is 0 Å². The van der Waals surface area contributed by atoms with Gasteiger partial charge in [-0.15, -0.1) is 0 Å². The SMILES string of the molecule is NC(=O)[O-].NC(=O)[O-].NC(=O)[O-].NC(=O)[O-].[U+4]. The van der Waals surface area contributed by atoms with Crippen LogP contribution in [0.2, 0.25) is 0 Å². The maximum Gasteiger partial charge on any atom is 4.00 e. The van der Waals surface area contributed by atoms with E-state index in [1.54, 1.807) is 0 Å². The molecule has 8 N–H and O–H groups in total. The molecule has 12 nitrogen and oxygen atoms in total. The van der Waals surface area contributed by atoms with Gasteiger partial charge in [-0.1, -0.05) is 0 Å². The number of amides is 4. The zero-order chi connectivity index (χ0) is 14.3. The Hall–Kier alpha value is -1.87. The summed E-state index contributed by atoms with van der Waals surface area (Å²) in [6, 6.07) is 0. The van der Waals surface area contributed by atoms with Gasteiger partial charge in [0, 0.05) is 0 Å². The molecule has 0 aliphatic rings. The van der Waals surface area contributed by atoms with Crippen LogP contribution < -0.4 is 43.4 Å². The topological polar surface area (TPSA) is 265 Å². The second-order valence-corrected chi connectivity index (χ2v) is 1.28. The molecule has 0 rings (SSSR count). The van der Waals surface area contributed by atoms with Crippen LogP contribution in [0.25, 0.3) is 0 Å². The molecule has 0 aliphatic heterocycles. The van der Waals surface area contributed by atoms with Crippen molar-refractivity contribution in [1.29, 1.82) is 0 Å². The summed E-state index contributed by atoms with van der Waals surface area (Å²) < 4.78 is 0. The second-order valence-electron chi connectivity index (χ2n) is 1.28. The minimum absolute atomic E-state index is 0. The Morgan fingerprint density at radius 3 is 0.529 bits per heavy atom. The van der Waals surface area contributed by atoms with Crippen molar-refractivity contribution < 1.29 is 70.7 Å². The van der Waals surface area contributed by atoms with E-state index < -0.39 is 24.4 Å². The predicted octanol–water partition coefficient (Wildman–Crippen LogP) is -6.85. The molecule has 0 aromatic heterocycles. The largest absolute Gasteiger partial charge is 4.00 e. The van der Waals surface area contributed by atoms with Gasteiger partial charge in [-0.3, -0.25) is 0 Å². The van der Waals surface area contributed by atoms with E-state index in [4.69, 9.17) is 39.6 Å². The Kier molecular flexibility index (Phi) is 41.1. The Labute approximate surface area is 118 Å². The average molecular weight is 478 g/mol. The van der Waals surface area contributed by atoms with E-state index in [0.29, 0.717) is 0 Å². The fraction of sp³-hybridized carbons (Fsp3) is 0. The summed E-state index contributed by atoms with van der Waals surface area (Å²) in [5.41, 5.74) is 15.7. The zero-order valence-corrected chi connectivity index (χ0v) is 12.2. The van der Waals surface area contributed by atoms with Gasteiger partial charge in [0.05, 0.1) is 0 Å². The number of nitrogens with two attached hydrogens (primary N) is 4. The number of rotatable bonds is 0. The summed E-state index contributed by atoms with van der Waals surface area (Å²) in [5, 5.41) is 34.7. The van der Waals surface area contributed by atoms with Crippen molar-refractivity contribution in [2.45, 2.75) is 0 Å². The normalized spacial score (nSPS) is 5.65. The minimum Gasteiger partial charge on any atom is -0.530 e. The molecule has 0 aliphatic carbocycles. The van der Waals surface area contributed by atoms with Crippen LogP contribution in [0.5, 0.6) is 0 Å². The summed E-state index contributed by atoms with van der Waals surface area (Å²) in [6.07, 6.45) is -6.33. The molecule has 0 aromatic carbocycles. The third kappa shape index (κ3) is 596. The second kappa shape index (κ2) is 23.7. The van der Waals surface area contributed by atoms with Crippen LogP contribution in [0.15, 0.2) is 0 Å². The molecule has 4 amide bonds. The van der Waals surface area contributed by atoms with Gasteiger partial charge in [0.1, 0.15) is 24.4 Å². The van der Waals surface area contributed by atoms with Gasteiger partial charge in [-0.2, -0.15) is 0 Å². The number of carbonyl (C=O) groups is 4. The third-order valence-electron chi connectivity index (χ3n) is 0. The van der Waals surface area contributed by atoms with Crippen LogP contribution in [-0.4, -0.2) is 24.4 Å². The summed E-state index contributed by atoms with van der Waals surface area (Å²) >= 11 is 0. The van der Waals surface area contributed by atoms with Crippen molar-refractivity contribution in [3.8, 4) is 0 Å². The van der Waals surface area contributed by atoms with Crippen molar-refractivity contribution >= 4 is 24.4 Å². The number of carboxylic acid groups (broad SMARTS) is 4. The van der Waals surface area contributed by atoms with E-state index in [1.807, 2.05) is 0 Å². The van der Waals surface area contributed by atoms with Gasteiger partial charge < -0.3 is 62.5 Å². The summed E-state index contributed by atoms with van der Waals surface area (Å²) in [4.78, 5) is 34.7. The van der Waals surface area contributed by atoms with Crippen LogP contribution >= 0.6 is 0 Å². The monoisotopic (exact) mass is 478 g/mol. The third-order valence-corrected chi connectivity index (χ3v) is 0. The Morgan fingerprint density at radius 2 is 0.529 bits per heavy atom. The molecule has 17 heavy (non-hydrogen) atoms. The minimum atomic E-state index is -1.58. The molecule has 96 valence electrons. The van der Waals surface area contributed by atoms with E-state index in [1.165, 1.54) is 0 Å². The molecule has 0 atom stereocenters. The molecule has 0 heterocycles. The van der Waals surface area contributed by atoms with Crippen molar-refractivity contribution in [2.24, 2.45) is 22.9 Å². The van der Waals surface area contributed by atoms with Gasteiger partial charge in [0.2, 0.25) is 0 Å². The first-order chi connectivity index (χ1) is 6.93. The molecule has 0 unspecified atom stereocenters. The Balaban J connectivity index is -0.0000000369. The zero-order valence-electron chi connectivity index (χ0n) is 8.08. The van der Waals surface area contributed by atoms with Crippen molar-refractivity contribution in [3.05, 3.63) is 0 Å². The summed E-state index contributed by atoms with van der Waals surface area (Å²) in [5.74, 6) is 0. The van der Waals surface area contributed by atoms with E-state index in [0.717, 1.165) is 0 Å². The molecule has 0 saturated carbocycles. The first-order valence-corrected chi connectivity index (χ1v) is 2.79. The summed E-state index contributed by atoms with van der Waals surface area (Å²) in [6.45, 7) is 0. The first kappa shape index (κ1) is 29.4. The van der Waals surface area contributed by atoms with E-state index in [2.05, 4.69) is 22.9 Å². The van der Waals surface area contributed by atoms with Crippen LogP contribution in [0.4, 0.5) is 19.2 Å². The molecule has 0 spiro atoms.